The second-order valence-electron chi connectivity index (χ2n) is 5.85. The Morgan fingerprint density at radius 3 is 2.32 bits per heavy atom. The Balaban J connectivity index is 1.99. The maximum Gasteiger partial charge on any atom is 0.331 e. The maximum atomic E-state index is 12.4. The Morgan fingerprint density at radius 2 is 1.71 bits per heavy atom. The van der Waals surface area contributed by atoms with E-state index in [4.69, 9.17) is 18.9 Å². The van der Waals surface area contributed by atoms with Crippen molar-refractivity contribution >= 4 is 17.8 Å². The molecule has 148 valence electrons. The average molecular weight is 384 g/mol. The van der Waals surface area contributed by atoms with Gasteiger partial charge < -0.3 is 18.9 Å². The SMILES string of the molecule is CCOc1ccc(/C=C/C(=O)O[C@H](C)C(=O)c2ccc(OC)cc2)cc1OC. The van der Waals surface area contributed by atoms with Crippen LogP contribution in [0.3, 0.4) is 0 Å². The third-order valence-corrected chi connectivity index (χ3v) is 3.94. The van der Waals surface area contributed by atoms with Crippen LogP contribution in [0.1, 0.15) is 29.8 Å². The third-order valence-electron chi connectivity index (χ3n) is 3.94. The molecule has 0 amide bonds. The molecule has 0 saturated heterocycles. The molecule has 0 aliphatic heterocycles. The van der Waals surface area contributed by atoms with Crippen molar-refractivity contribution in [2.45, 2.75) is 20.0 Å². The second-order valence-corrected chi connectivity index (χ2v) is 5.85. The van der Waals surface area contributed by atoms with Crippen LogP contribution >= 0.6 is 0 Å². The molecule has 0 unspecified atom stereocenters. The lowest BCUT2D eigenvalue weighted by Crippen LogP contribution is -2.23. The Labute approximate surface area is 164 Å². The smallest absolute Gasteiger partial charge is 0.331 e. The maximum absolute atomic E-state index is 12.4. The molecule has 0 spiro atoms. The number of ether oxygens (including phenoxy) is 4. The van der Waals surface area contributed by atoms with Crippen molar-refractivity contribution in [3.63, 3.8) is 0 Å². The normalized spacial score (nSPS) is 11.7. The van der Waals surface area contributed by atoms with E-state index in [0.717, 1.165) is 5.56 Å². The molecule has 6 nitrogen and oxygen atoms in total. The summed E-state index contributed by atoms with van der Waals surface area (Å²) in [5, 5.41) is 0. The first-order valence-electron chi connectivity index (χ1n) is 8.86. The fourth-order valence-electron chi connectivity index (χ4n) is 2.48. The van der Waals surface area contributed by atoms with Crippen molar-refractivity contribution in [1.29, 1.82) is 0 Å². The molecule has 0 aliphatic rings. The summed E-state index contributed by atoms with van der Waals surface area (Å²) < 4.78 is 21.0. The summed E-state index contributed by atoms with van der Waals surface area (Å²) in [5.41, 5.74) is 1.19. The third kappa shape index (κ3) is 5.61. The van der Waals surface area contributed by atoms with E-state index in [-0.39, 0.29) is 5.78 Å². The van der Waals surface area contributed by atoms with Gasteiger partial charge in [0.05, 0.1) is 20.8 Å². The van der Waals surface area contributed by atoms with Crippen molar-refractivity contribution < 1.29 is 28.5 Å². The first-order valence-corrected chi connectivity index (χ1v) is 8.86. The van der Waals surface area contributed by atoms with Crippen LogP contribution in [0.5, 0.6) is 17.2 Å². The quantitative estimate of drug-likeness (QED) is 0.371. The molecule has 2 rings (SSSR count). The highest BCUT2D eigenvalue weighted by atomic mass is 16.5. The van der Waals surface area contributed by atoms with E-state index in [0.29, 0.717) is 29.4 Å². The largest absolute Gasteiger partial charge is 0.497 e. The number of carbonyl (C=O) groups is 2. The number of benzene rings is 2. The molecule has 0 saturated carbocycles. The zero-order chi connectivity index (χ0) is 20.5. The van der Waals surface area contributed by atoms with Gasteiger partial charge in [-0.1, -0.05) is 6.07 Å². The van der Waals surface area contributed by atoms with Gasteiger partial charge in [0.25, 0.3) is 0 Å². The fraction of sp³-hybridized carbons (Fsp3) is 0.273. The predicted molar refractivity (Wildman–Crippen MR) is 106 cm³/mol. The number of hydrogen-bond donors (Lipinski definition) is 0. The summed E-state index contributed by atoms with van der Waals surface area (Å²) in [7, 11) is 3.10. The van der Waals surface area contributed by atoms with Gasteiger partial charge in [0.15, 0.2) is 17.6 Å². The van der Waals surface area contributed by atoms with E-state index in [1.807, 2.05) is 6.92 Å². The lowest BCUT2D eigenvalue weighted by Gasteiger charge is -2.11. The van der Waals surface area contributed by atoms with Crippen LogP contribution in [0.15, 0.2) is 48.5 Å². The molecule has 2 aromatic carbocycles. The van der Waals surface area contributed by atoms with Gasteiger partial charge in [-0.25, -0.2) is 4.79 Å². The topological polar surface area (TPSA) is 71.1 Å². The monoisotopic (exact) mass is 384 g/mol. The van der Waals surface area contributed by atoms with Gasteiger partial charge in [0.2, 0.25) is 5.78 Å². The van der Waals surface area contributed by atoms with E-state index in [2.05, 4.69) is 0 Å². The number of carbonyl (C=O) groups excluding carboxylic acids is 2. The first-order chi connectivity index (χ1) is 13.5. The van der Waals surface area contributed by atoms with E-state index in [1.165, 1.54) is 13.0 Å². The zero-order valence-corrected chi connectivity index (χ0v) is 16.4. The number of esters is 1. The Bertz CT molecular complexity index is 839. The molecule has 0 heterocycles. The van der Waals surface area contributed by atoms with E-state index in [1.54, 1.807) is 62.8 Å². The summed E-state index contributed by atoms with van der Waals surface area (Å²) in [5.74, 6) is 0.952. The molecule has 2 aromatic rings. The van der Waals surface area contributed by atoms with Gasteiger partial charge in [-0.3, -0.25) is 4.79 Å². The number of ketones is 1. The number of methoxy groups -OCH3 is 2. The zero-order valence-electron chi connectivity index (χ0n) is 16.4. The second kappa shape index (κ2) is 10.2. The van der Waals surface area contributed by atoms with Crippen LogP contribution in [-0.4, -0.2) is 38.7 Å². The predicted octanol–water partition coefficient (Wildman–Crippen LogP) is 3.93. The molecule has 0 fully saturated rings. The molecular formula is C22H24O6. The van der Waals surface area contributed by atoms with Crippen LogP contribution < -0.4 is 14.2 Å². The molecule has 6 heteroatoms. The summed E-state index contributed by atoms with van der Waals surface area (Å²) in [6.45, 7) is 3.95. The number of rotatable bonds is 9. The van der Waals surface area contributed by atoms with Crippen LogP contribution in [0.2, 0.25) is 0 Å². The molecule has 28 heavy (non-hydrogen) atoms. The standard InChI is InChI=1S/C22H24O6/c1-5-27-19-12-6-16(14-20(19)26-4)7-13-21(23)28-15(2)22(24)17-8-10-18(25-3)11-9-17/h6-15H,5H2,1-4H3/b13-7+/t15-/m1/s1. The van der Waals surface area contributed by atoms with Gasteiger partial charge in [-0.15, -0.1) is 0 Å². The highest BCUT2D eigenvalue weighted by Crippen LogP contribution is 2.28. The van der Waals surface area contributed by atoms with Crippen LogP contribution in [0.4, 0.5) is 0 Å². The summed E-state index contributed by atoms with van der Waals surface area (Å²) in [6.07, 6.45) is 1.96. The number of hydrogen-bond acceptors (Lipinski definition) is 6. The van der Waals surface area contributed by atoms with Gasteiger partial charge in [-0.05, 0) is 61.9 Å². The number of Topliss-reactive ketones (excluding diaryl/α,β-unsaturated/α-hetero) is 1. The van der Waals surface area contributed by atoms with Gasteiger partial charge >= 0.3 is 5.97 Å². The highest BCUT2D eigenvalue weighted by Gasteiger charge is 2.18. The van der Waals surface area contributed by atoms with E-state index < -0.39 is 12.1 Å². The molecule has 0 radical (unpaired) electrons. The average Bonchev–Trinajstić information content (AvgIpc) is 2.72. The molecular weight excluding hydrogens is 360 g/mol. The van der Waals surface area contributed by atoms with E-state index >= 15 is 0 Å². The van der Waals surface area contributed by atoms with Crippen molar-refractivity contribution in [2.75, 3.05) is 20.8 Å². The van der Waals surface area contributed by atoms with Gasteiger partial charge in [0.1, 0.15) is 5.75 Å². The lowest BCUT2D eigenvalue weighted by atomic mass is 10.1. The Kier molecular flexibility index (Phi) is 7.63. The van der Waals surface area contributed by atoms with Crippen LogP contribution in [0.25, 0.3) is 6.08 Å². The minimum absolute atomic E-state index is 0.285. The summed E-state index contributed by atoms with van der Waals surface area (Å²) in [6, 6.07) is 11.9. The van der Waals surface area contributed by atoms with Crippen molar-refractivity contribution in [2.24, 2.45) is 0 Å². The van der Waals surface area contributed by atoms with Gasteiger partial charge in [-0.2, -0.15) is 0 Å². The molecule has 0 aromatic heterocycles. The van der Waals surface area contributed by atoms with Crippen LogP contribution in [0, 0.1) is 0 Å². The highest BCUT2D eigenvalue weighted by molar-refractivity contribution is 6.01. The molecule has 0 bridgehead atoms. The van der Waals surface area contributed by atoms with Crippen molar-refractivity contribution in [3.05, 3.63) is 59.7 Å². The Morgan fingerprint density at radius 1 is 1.00 bits per heavy atom. The molecule has 0 aliphatic carbocycles. The first kappa shape index (κ1) is 21.0. The summed E-state index contributed by atoms with van der Waals surface area (Å²) in [4.78, 5) is 24.4. The van der Waals surface area contributed by atoms with Gasteiger partial charge in [0, 0.05) is 11.6 Å². The minimum atomic E-state index is -0.902. The molecule has 1 atom stereocenters. The summed E-state index contributed by atoms with van der Waals surface area (Å²) >= 11 is 0. The molecule has 0 N–H and O–H groups in total. The van der Waals surface area contributed by atoms with Crippen molar-refractivity contribution in [3.8, 4) is 17.2 Å². The minimum Gasteiger partial charge on any atom is -0.497 e. The lowest BCUT2D eigenvalue weighted by molar-refractivity contribution is -0.140. The van der Waals surface area contributed by atoms with Crippen molar-refractivity contribution in [1.82, 2.24) is 0 Å². The van der Waals surface area contributed by atoms with E-state index in [9.17, 15) is 9.59 Å². The Hall–Kier alpha value is -3.28. The van der Waals surface area contributed by atoms with Crippen LogP contribution in [-0.2, 0) is 9.53 Å². The fourth-order valence-corrected chi connectivity index (χ4v) is 2.48.